The Morgan fingerprint density at radius 2 is 2.06 bits per heavy atom. The third-order valence-electron chi connectivity index (χ3n) is 2.95. The Balaban J connectivity index is 2.21. The summed E-state index contributed by atoms with van der Waals surface area (Å²) in [5, 5.41) is 11.0. The molecule has 0 aromatic heterocycles. The first-order chi connectivity index (χ1) is 7.50. The van der Waals surface area contributed by atoms with Crippen molar-refractivity contribution in [2.75, 3.05) is 6.54 Å². The predicted molar refractivity (Wildman–Crippen MR) is 51.9 cm³/mol. The number of aliphatic carboxylic acids is 1. The van der Waals surface area contributed by atoms with Crippen LogP contribution in [-0.2, 0) is 14.4 Å². The van der Waals surface area contributed by atoms with Crippen LogP contribution in [0.5, 0.6) is 0 Å². The topological polar surface area (TPSA) is 77.5 Å². The minimum Gasteiger partial charge on any atom is -0.548 e. The molecule has 1 aliphatic carbocycles. The summed E-state index contributed by atoms with van der Waals surface area (Å²) < 4.78 is 0. The van der Waals surface area contributed by atoms with Gasteiger partial charge in [0.15, 0.2) is 0 Å². The average Bonchev–Trinajstić information content (AvgIpc) is 2.43. The first-order valence-corrected chi connectivity index (χ1v) is 5.28. The molecule has 1 fully saturated rings. The van der Waals surface area contributed by atoms with Crippen molar-refractivity contribution < 1.29 is 19.5 Å². The van der Waals surface area contributed by atoms with Gasteiger partial charge >= 0.3 is 0 Å². The number of hydrogen-bond donors (Lipinski definition) is 0. The molecule has 5 nitrogen and oxygen atoms in total. The number of allylic oxidation sites excluding steroid dienone is 2. The number of imide groups is 1. The number of rotatable bonds is 2. The molecule has 86 valence electrons. The highest BCUT2D eigenvalue weighted by atomic mass is 35.5. The van der Waals surface area contributed by atoms with Crippen molar-refractivity contribution in [3.05, 3.63) is 11.1 Å². The lowest BCUT2D eigenvalue weighted by molar-refractivity contribution is -0.305. The van der Waals surface area contributed by atoms with Gasteiger partial charge in [0.05, 0.1) is 24.3 Å². The molecular weight excluding hydrogens is 234 g/mol. The third kappa shape index (κ3) is 1.71. The van der Waals surface area contributed by atoms with E-state index < -0.39 is 36.2 Å². The molecule has 0 aromatic rings. The largest absolute Gasteiger partial charge is 0.548 e. The third-order valence-corrected chi connectivity index (χ3v) is 3.26. The van der Waals surface area contributed by atoms with E-state index in [1.165, 1.54) is 0 Å². The molecule has 2 rings (SSSR count). The molecule has 0 aromatic carbocycles. The van der Waals surface area contributed by atoms with E-state index in [0.717, 1.165) is 4.90 Å². The van der Waals surface area contributed by atoms with Gasteiger partial charge in [0, 0.05) is 5.03 Å². The van der Waals surface area contributed by atoms with Gasteiger partial charge in [-0.15, -0.1) is 0 Å². The molecule has 0 N–H and O–H groups in total. The summed E-state index contributed by atoms with van der Waals surface area (Å²) in [5.74, 6) is -3.26. The van der Waals surface area contributed by atoms with Crippen LogP contribution in [0.3, 0.4) is 0 Å². The Hall–Kier alpha value is -1.36. The second-order valence-electron chi connectivity index (χ2n) is 3.94. The van der Waals surface area contributed by atoms with Gasteiger partial charge in [0.2, 0.25) is 11.8 Å². The van der Waals surface area contributed by atoms with Crippen molar-refractivity contribution in [1.29, 1.82) is 0 Å². The Bertz CT molecular complexity index is 404. The summed E-state index contributed by atoms with van der Waals surface area (Å²) in [6.45, 7) is -0.664. The Kier molecular flexibility index (Phi) is 2.71. The highest BCUT2D eigenvalue weighted by molar-refractivity contribution is 6.30. The van der Waals surface area contributed by atoms with Crippen molar-refractivity contribution in [2.45, 2.75) is 12.8 Å². The molecule has 2 amide bonds. The monoisotopic (exact) mass is 242 g/mol. The van der Waals surface area contributed by atoms with Crippen molar-refractivity contribution in [3.63, 3.8) is 0 Å². The minimum atomic E-state index is -1.43. The summed E-state index contributed by atoms with van der Waals surface area (Å²) in [5.41, 5.74) is 0. The number of hydrogen-bond acceptors (Lipinski definition) is 4. The molecule has 0 unspecified atom stereocenters. The number of carbonyl (C=O) groups excluding carboxylic acids is 3. The van der Waals surface area contributed by atoms with Gasteiger partial charge in [-0.05, 0) is 12.8 Å². The Morgan fingerprint density at radius 3 is 2.69 bits per heavy atom. The van der Waals surface area contributed by atoms with Crippen LogP contribution in [0.1, 0.15) is 12.8 Å². The van der Waals surface area contributed by atoms with E-state index in [1.54, 1.807) is 6.08 Å². The van der Waals surface area contributed by atoms with Crippen LogP contribution >= 0.6 is 11.6 Å². The number of halogens is 1. The Morgan fingerprint density at radius 1 is 1.44 bits per heavy atom. The van der Waals surface area contributed by atoms with Crippen molar-refractivity contribution in [3.8, 4) is 0 Å². The van der Waals surface area contributed by atoms with Crippen LogP contribution in [0.15, 0.2) is 11.1 Å². The highest BCUT2D eigenvalue weighted by Gasteiger charge is 2.48. The number of likely N-dealkylation sites (tertiary alicyclic amines) is 1. The van der Waals surface area contributed by atoms with Crippen LogP contribution in [0.25, 0.3) is 0 Å². The SMILES string of the molecule is O=C([O-])CN1C(=O)[C@H]2CC(Cl)=CC[C@H]2C1=O. The summed E-state index contributed by atoms with van der Waals surface area (Å²) in [7, 11) is 0. The molecule has 0 spiro atoms. The van der Waals surface area contributed by atoms with E-state index >= 15 is 0 Å². The number of carboxylic acids is 1. The van der Waals surface area contributed by atoms with Crippen LogP contribution in [0, 0.1) is 11.8 Å². The van der Waals surface area contributed by atoms with E-state index in [4.69, 9.17) is 11.6 Å². The molecule has 2 aliphatic rings. The van der Waals surface area contributed by atoms with Crippen LogP contribution in [0.2, 0.25) is 0 Å². The summed E-state index contributed by atoms with van der Waals surface area (Å²) in [6.07, 6.45) is 2.42. The first-order valence-electron chi connectivity index (χ1n) is 4.90. The molecule has 0 radical (unpaired) electrons. The van der Waals surface area contributed by atoms with E-state index in [9.17, 15) is 19.5 Å². The lowest BCUT2D eigenvalue weighted by atomic mass is 9.85. The summed E-state index contributed by atoms with van der Waals surface area (Å²) in [4.78, 5) is 34.7. The molecule has 1 heterocycles. The molecule has 2 atom stereocenters. The van der Waals surface area contributed by atoms with Crippen LogP contribution < -0.4 is 5.11 Å². The molecule has 0 saturated carbocycles. The van der Waals surface area contributed by atoms with Gasteiger partial charge in [0.25, 0.3) is 0 Å². The standard InChI is InChI=1S/C10H10ClNO4/c11-5-1-2-6-7(3-5)10(16)12(9(6)15)4-8(13)14/h1,6-7H,2-4H2,(H,13,14)/p-1/t6-,7+/m1/s1. The van der Waals surface area contributed by atoms with Crippen molar-refractivity contribution in [1.82, 2.24) is 4.90 Å². The fourth-order valence-electron chi connectivity index (χ4n) is 2.18. The zero-order valence-corrected chi connectivity index (χ0v) is 9.07. The zero-order chi connectivity index (χ0) is 11.9. The van der Waals surface area contributed by atoms with E-state index in [0.29, 0.717) is 17.9 Å². The summed E-state index contributed by atoms with van der Waals surface area (Å²) in [6, 6.07) is 0. The molecule has 6 heteroatoms. The van der Waals surface area contributed by atoms with Gasteiger partial charge < -0.3 is 9.90 Å². The second kappa shape index (κ2) is 3.90. The Labute approximate surface area is 96.7 Å². The predicted octanol–water partition coefficient (Wildman–Crippen LogP) is -0.746. The number of nitrogens with zero attached hydrogens (tertiary/aromatic N) is 1. The molecule has 1 saturated heterocycles. The summed E-state index contributed by atoms with van der Waals surface area (Å²) >= 11 is 5.80. The fraction of sp³-hybridized carbons (Fsp3) is 0.500. The second-order valence-corrected chi connectivity index (χ2v) is 4.42. The maximum Gasteiger partial charge on any atom is 0.233 e. The average molecular weight is 243 g/mol. The van der Waals surface area contributed by atoms with E-state index in [-0.39, 0.29) is 0 Å². The quantitative estimate of drug-likeness (QED) is 0.597. The van der Waals surface area contributed by atoms with Gasteiger partial charge in [0.1, 0.15) is 0 Å². The maximum atomic E-state index is 11.8. The molecule has 1 aliphatic heterocycles. The van der Waals surface area contributed by atoms with Gasteiger partial charge in [-0.3, -0.25) is 14.5 Å². The highest BCUT2D eigenvalue weighted by Crippen LogP contribution is 2.38. The normalized spacial score (nSPS) is 29.1. The lowest BCUT2D eigenvalue weighted by Gasteiger charge is -2.17. The first kappa shape index (κ1) is 11.1. The van der Waals surface area contributed by atoms with E-state index in [1.807, 2.05) is 0 Å². The van der Waals surface area contributed by atoms with Crippen LogP contribution in [0.4, 0.5) is 0 Å². The number of carbonyl (C=O) groups is 3. The fourth-order valence-corrected chi connectivity index (χ4v) is 2.44. The van der Waals surface area contributed by atoms with Gasteiger partial charge in [-0.25, -0.2) is 0 Å². The minimum absolute atomic E-state index is 0.320. The van der Waals surface area contributed by atoms with E-state index in [2.05, 4.69) is 0 Å². The molecular formula is C10H9ClNO4-. The van der Waals surface area contributed by atoms with Crippen molar-refractivity contribution in [2.24, 2.45) is 11.8 Å². The molecule has 16 heavy (non-hydrogen) atoms. The number of carboxylic acid groups (broad SMARTS) is 1. The van der Waals surface area contributed by atoms with Crippen LogP contribution in [-0.4, -0.2) is 29.2 Å². The molecule has 0 bridgehead atoms. The van der Waals surface area contributed by atoms with Gasteiger partial charge in [-0.1, -0.05) is 17.7 Å². The zero-order valence-electron chi connectivity index (χ0n) is 8.31. The van der Waals surface area contributed by atoms with Gasteiger partial charge in [-0.2, -0.15) is 0 Å². The number of fused-ring (bicyclic) bond motifs is 1. The maximum absolute atomic E-state index is 11.8. The van der Waals surface area contributed by atoms with Crippen molar-refractivity contribution >= 4 is 29.4 Å². The number of amides is 2. The smallest absolute Gasteiger partial charge is 0.233 e. The lowest BCUT2D eigenvalue weighted by Crippen LogP contribution is -2.41.